The van der Waals surface area contributed by atoms with E-state index in [1.165, 1.54) is 0 Å². The van der Waals surface area contributed by atoms with Crippen molar-refractivity contribution >= 4 is 0 Å². The average molecular weight is 218 g/mol. The lowest BCUT2D eigenvalue weighted by atomic mass is 9.94. The smallest absolute Gasteiger partial charge is 0.194 e. The van der Waals surface area contributed by atoms with E-state index in [1.54, 1.807) is 13.0 Å². The highest BCUT2D eigenvalue weighted by molar-refractivity contribution is 5.35. The highest BCUT2D eigenvalue weighted by atomic mass is 16.6. The fourth-order valence-electron chi connectivity index (χ4n) is 1.42. The summed E-state index contributed by atoms with van der Waals surface area (Å²) in [5, 5.41) is 9.06. The minimum absolute atomic E-state index is 0.248. The standard InChI is InChI=1S/C14H18O2/c1-5-10(2)11(3)13-6-8-14(9-7-13)16-12(4)15/h5-9,11-12,15H,1-2H2,3-4H3/t11-,12?/m0/s1. The van der Waals surface area contributed by atoms with Crippen LogP contribution in [-0.4, -0.2) is 11.4 Å². The van der Waals surface area contributed by atoms with Crippen LogP contribution >= 0.6 is 0 Å². The van der Waals surface area contributed by atoms with Gasteiger partial charge in [-0.05, 0) is 30.2 Å². The fraction of sp³-hybridized carbons (Fsp3) is 0.286. The molecule has 0 bridgehead atoms. The lowest BCUT2D eigenvalue weighted by Gasteiger charge is -2.13. The van der Waals surface area contributed by atoms with E-state index in [-0.39, 0.29) is 5.92 Å². The van der Waals surface area contributed by atoms with Crippen LogP contribution in [0.3, 0.4) is 0 Å². The predicted molar refractivity (Wildman–Crippen MR) is 66.5 cm³/mol. The second-order valence-electron chi connectivity index (χ2n) is 3.79. The molecule has 0 spiro atoms. The minimum atomic E-state index is -0.786. The van der Waals surface area contributed by atoms with Crippen LogP contribution in [0.1, 0.15) is 25.3 Å². The molecule has 1 unspecified atom stereocenters. The van der Waals surface area contributed by atoms with Gasteiger partial charge in [0.2, 0.25) is 0 Å². The zero-order valence-corrected chi connectivity index (χ0v) is 9.81. The van der Waals surface area contributed by atoms with Crippen molar-refractivity contribution < 1.29 is 9.84 Å². The van der Waals surface area contributed by atoms with Gasteiger partial charge in [0.15, 0.2) is 6.29 Å². The zero-order chi connectivity index (χ0) is 12.1. The van der Waals surface area contributed by atoms with Crippen LogP contribution in [0, 0.1) is 0 Å². The number of benzene rings is 1. The summed E-state index contributed by atoms with van der Waals surface area (Å²) >= 11 is 0. The van der Waals surface area contributed by atoms with E-state index in [0.717, 1.165) is 11.1 Å². The Balaban J connectivity index is 2.78. The molecule has 0 saturated carbocycles. The molecule has 16 heavy (non-hydrogen) atoms. The monoisotopic (exact) mass is 218 g/mol. The Kier molecular flexibility index (Phi) is 4.32. The fourth-order valence-corrected chi connectivity index (χ4v) is 1.42. The Bertz CT molecular complexity index is 363. The number of rotatable bonds is 5. The maximum Gasteiger partial charge on any atom is 0.194 e. The molecule has 1 rings (SSSR count). The molecule has 86 valence electrons. The maximum absolute atomic E-state index is 9.06. The summed E-state index contributed by atoms with van der Waals surface area (Å²) in [5.74, 6) is 0.910. The zero-order valence-electron chi connectivity index (χ0n) is 9.81. The number of ether oxygens (including phenoxy) is 1. The summed E-state index contributed by atoms with van der Waals surface area (Å²) in [7, 11) is 0. The van der Waals surface area contributed by atoms with E-state index in [1.807, 2.05) is 24.3 Å². The van der Waals surface area contributed by atoms with Crippen LogP contribution < -0.4 is 4.74 Å². The van der Waals surface area contributed by atoms with Crippen LogP contribution in [0.25, 0.3) is 0 Å². The van der Waals surface area contributed by atoms with Gasteiger partial charge < -0.3 is 9.84 Å². The van der Waals surface area contributed by atoms with Crippen LogP contribution in [0.2, 0.25) is 0 Å². The van der Waals surface area contributed by atoms with Crippen molar-refractivity contribution in [3.63, 3.8) is 0 Å². The average Bonchev–Trinajstić information content (AvgIpc) is 2.27. The summed E-state index contributed by atoms with van der Waals surface area (Å²) in [4.78, 5) is 0. The first kappa shape index (κ1) is 12.5. The molecule has 2 heteroatoms. The van der Waals surface area contributed by atoms with Gasteiger partial charge in [0.05, 0.1) is 0 Å². The molecule has 0 aliphatic heterocycles. The Hall–Kier alpha value is -1.54. The highest BCUT2D eigenvalue weighted by Gasteiger charge is 2.07. The Labute approximate surface area is 96.9 Å². The van der Waals surface area contributed by atoms with Crippen molar-refractivity contribution in [3.8, 4) is 5.75 Å². The van der Waals surface area contributed by atoms with Crippen LogP contribution in [0.5, 0.6) is 5.75 Å². The van der Waals surface area contributed by atoms with Crippen LogP contribution in [0.4, 0.5) is 0 Å². The van der Waals surface area contributed by atoms with Crippen molar-refractivity contribution in [1.82, 2.24) is 0 Å². The molecule has 0 aliphatic carbocycles. The first-order chi connectivity index (χ1) is 7.54. The van der Waals surface area contributed by atoms with Gasteiger partial charge in [-0.1, -0.05) is 38.3 Å². The molecule has 1 aromatic rings. The number of allylic oxidation sites excluding steroid dienone is 2. The third-order valence-electron chi connectivity index (χ3n) is 2.51. The van der Waals surface area contributed by atoms with Crippen molar-refractivity contribution in [1.29, 1.82) is 0 Å². The second kappa shape index (κ2) is 5.52. The second-order valence-corrected chi connectivity index (χ2v) is 3.79. The molecule has 2 atom stereocenters. The molecule has 0 heterocycles. The summed E-state index contributed by atoms with van der Waals surface area (Å²) in [5.41, 5.74) is 2.15. The first-order valence-electron chi connectivity index (χ1n) is 5.30. The van der Waals surface area contributed by atoms with Crippen molar-refractivity contribution in [2.24, 2.45) is 0 Å². The third-order valence-corrected chi connectivity index (χ3v) is 2.51. The van der Waals surface area contributed by atoms with Gasteiger partial charge in [-0.2, -0.15) is 0 Å². The van der Waals surface area contributed by atoms with Crippen molar-refractivity contribution in [2.45, 2.75) is 26.1 Å². The van der Waals surface area contributed by atoms with Gasteiger partial charge in [0.1, 0.15) is 5.75 Å². The molecule has 0 fully saturated rings. The maximum atomic E-state index is 9.06. The van der Waals surface area contributed by atoms with Gasteiger partial charge in [-0.3, -0.25) is 0 Å². The van der Waals surface area contributed by atoms with Gasteiger partial charge in [-0.25, -0.2) is 0 Å². The van der Waals surface area contributed by atoms with Crippen LogP contribution in [0.15, 0.2) is 49.1 Å². The molecular formula is C14H18O2. The summed E-state index contributed by atoms with van der Waals surface area (Å²) in [6, 6.07) is 7.62. The summed E-state index contributed by atoms with van der Waals surface area (Å²) < 4.78 is 5.15. The van der Waals surface area contributed by atoms with Crippen LogP contribution in [-0.2, 0) is 0 Å². The van der Waals surface area contributed by atoms with E-state index in [2.05, 4.69) is 20.1 Å². The summed E-state index contributed by atoms with van der Waals surface area (Å²) in [6.07, 6.45) is 0.983. The molecule has 2 nitrogen and oxygen atoms in total. The largest absolute Gasteiger partial charge is 0.465 e. The van der Waals surface area contributed by atoms with Gasteiger partial charge in [-0.15, -0.1) is 0 Å². The minimum Gasteiger partial charge on any atom is -0.465 e. The summed E-state index contributed by atoms with van der Waals surface area (Å²) in [6.45, 7) is 11.3. The normalized spacial score (nSPS) is 13.9. The number of hydrogen-bond acceptors (Lipinski definition) is 2. The SMILES string of the molecule is C=CC(=C)[C@H](C)c1ccc(OC(C)O)cc1. The van der Waals surface area contributed by atoms with Gasteiger partial charge in [0, 0.05) is 5.92 Å². The van der Waals surface area contributed by atoms with Crippen molar-refractivity contribution in [3.05, 3.63) is 54.6 Å². The van der Waals surface area contributed by atoms with Crippen molar-refractivity contribution in [2.75, 3.05) is 0 Å². The number of aliphatic hydroxyl groups is 1. The molecule has 1 aromatic carbocycles. The predicted octanol–water partition coefficient (Wildman–Crippen LogP) is 3.25. The quantitative estimate of drug-likeness (QED) is 0.607. The third kappa shape index (κ3) is 3.24. The van der Waals surface area contributed by atoms with Gasteiger partial charge >= 0.3 is 0 Å². The Morgan fingerprint density at radius 3 is 2.31 bits per heavy atom. The lowest BCUT2D eigenvalue weighted by Crippen LogP contribution is -2.09. The van der Waals surface area contributed by atoms with E-state index in [0.29, 0.717) is 5.75 Å². The highest BCUT2D eigenvalue weighted by Crippen LogP contribution is 2.25. The molecule has 0 saturated heterocycles. The number of aliphatic hydroxyl groups excluding tert-OH is 1. The number of hydrogen-bond donors (Lipinski definition) is 1. The molecule has 0 amide bonds. The van der Waals surface area contributed by atoms with E-state index < -0.39 is 6.29 Å². The molecule has 0 aliphatic rings. The van der Waals surface area contributed by atoms with E-state index >= 15 is 0 Å². The molecule has 1 N–H and O–H groups in total. The topological polar surface area (TPSA) is 29.5 Å². The van der Waals surface area contributed by atoms with E-state index in [4.69, 9.17) is 9.84 Å². The lowest BCUT2D eigenvalue weighted by molar-refractivity contribution is -0.000303. The van der Waals surface area contributed by atoms with E-state index in [9.17, 15) is 0 Å². The first-order valence-corrected chi connectivity index (χ1v) is 5.30. The Morgan fingerprint density at radius 1 is 1.31 bits per heavy atom. The molecule has 0 radical (unpaired) electrons. The molecule has 0 aromatic heterocycles. The van der Waals surface area contributed by atoms with Gasteiger partial charge in [0.25, 0.3) is 0 Å². The Morgan fingerprint density at radius 2 is 1.88 bits per heavy atom. The molecular weight excluding hydrogens is 200 g/mol.